The Bertz CT molecular complexity index is 454. The van der Waals surface area contributed by atoms with E-state index >= 15 is 0 Å². The number of hydrogen-bond donors (Lipinski definition) is 1. The van der Waals surface area contributed by atoms with Crippen LogP contribution in [0, 0.1) is 6.92 Å². The van der Waals surface area contributed by atoms with Gasteiger partial charge >= 0.3 is 0 Å². The van der Waals surface area contributed by atoms with E-state index in [1.54, 1.807) is 11.3 Å². The molecular weight excluding hydrogens is 268 g/mol. The second kappa shape index (κ2) is 6.87. The molecule has 0 aliphatic carbocycles. The fourth-order valence-electron chi connectivity index (χ4n) is 1.65. The SMILES string of the molecule is Cc1cnn(C(C)C(C)NCc2cscn2)c1.Cl. The zero-order chi connectivity index (χ0) is 12.3. The Morgan fingerprint density at radius 3 is 2.78 bits per heavy atom. The highest BCUT2D eigenvalue weighted by Crippen LogP contribution is 2.11. The Labute approximate surface area is 118 Å². The molecule has 2 unspecified atom stereocenters. The first-order chi connectivity index (χ1) is 8.16. The Hall–Kier alpha value is -0.910. The van der Waals surface area contributed by atoms with E-state index in [0.29, 0.717) is 12.1 Å². The molecule has 0 aromatic carbocycles. The lowest BCUT2D eigenvalue weighted by molar-refractivity contribution is 0.364. The normalized spacial score (nSPS) is 13.9. The van der Waals surface area contributed by atoms with Gasteiger partial charge in [0.2, 0.25) is 0 Å². The first-order valence-electron chi connectivity index (χ1n) is 5.78. The fourth-order valence-corrected chi connectivity index (χ4v) is 2.20. The number of nitrogens with zero attached hydrogens (tertiary/aromatic N) is 3. The first kappa shape index (κ1) is 15.1. The van der Waals surface area contributed by atoms with Gasteiger partial charge in [-0.2, -0.15) is 5.10 Å². The summed E-state index contributed by atoms with van der Waals surface area (Å²) < 4.78 is 2.01. The fraction of sp³-hybridized carbons (Fsp3) is 0.500. The van der Waals surface area contributed by atoms with E-state index in [0.717, 1.165) is 12.2 Å². The van der Waals surface area contributed by atoms with E-state index in [-0.39, 0.29) is 12.4 Å². The summed E-state index contributed by atoms with van der Waals surface area (Å²) in [6.07, 6.45) is 3.97. The molecule has 6 heteroatoms. The van der Waals surface area contributed by atoms with E-state index in [1.807, 2.05) is 16.4 Å². The molecule has 0 fully saturated rings. The average Bonchev–Trinajstić information content (AvgIpc) is 2.95. The van der Waals surface area contributed by atoms with Gasteiger partial charge in [-0.3, -0.25) is 4.68 Å². The summed E-state index contributed by atoms with van der Waals surface area (Å²) in [7, 11) is 0. The molecule has 2 rings (SSSR count). The van der Waals surface area contributed by atoms with Crippen LogP contribution in [0.3, 0.4) is 0 Å². The van der Waals surface area contributed by atoms with Crippen LogP contribution in [-0.2, 0) is 6.54 Å². The van der Waals surface area contributed by atoms with Gasteiger partial charge < -0.3 is 5.32 Å². The minimum Gasteiger partial charge on any atom is -0.306 e. The predicted molar refractivity (Wildman–Crippen MR) is 77.3 cm³/mol. The van der Waals surface area contributed by atoms with E-state index in [4.69, 9.17) is 0 Å². The quantitative estimate of drug-likeness (QED) is 0.919. The van der Waals surface area contributed by atoms with Crippen LogP contribution in [0.4, 0.5) is 0 Å². The lowest BCUT2D eigenvalue weighted by Gasteiger charge is -2.21. The van der Waals surface area contributed by atoms with Crippen molar-refractivity contribution in [2.24, 2.45) is 0 Å². The molecule has 2 aromatic rings. The molecule has 100 valence electrons. The van der Waals surface area contributed by atoms with Crippen molar-refractivity contribution in [2.75, 3.05) is 0 Å². The number of thiazole rings is 1. The topological polar surface area (TPSA) is 42.7 Å². The van der Waals surface area contributed by atoms with Crippen molar-refractivity contribution in [3.05, 3.63) is 34.5 Å². The number of rotatable bonds is 5. The van der Waals surface area contributed by atoms with Gasteiger partial charge in [0.05, 0.1) is 23.4 Å². The summed E-state index contributed by atoms with van der Waals surface area (Å²) in [6.45, 7) is 7.22. The lowest BCUT2D eigenvalue weighted by Crippen LogP contribution is -2.33. The van der Waals surface area contributed by atoms with E-state index in [1.165, 1.54) is 5.56 Å². The van der Waals surface area contributed by atoms with Gasteiger partial charge in [-0.25, -0.2) is 4.98 Å². The molecule has 18 heavy (non-hydrogen) atoms. The second-order valence-electron chi connectivity index (χ2n) is 4.39. The summed E-state index contributed by atoms with van der Waals surface area (Å²) >= 11 is 1.63. The number of halogens is 1. The van der Waals surface area contributed by atoms with E-state index < -0.39 is 0 Å². The first-order valence-corrected chi connectivity index (χ1v) is 6.72. The minimum absolute atomic E-state index is 0. The molecule has 0 saturated heterocycles. The van der Waals surface area contributed by atoms with Crippen molar-refractivity contribution >= 4 is 23.7 Å². The molecule has 2 atom stereocenters. The molecule has 4 nitrogen and oxygen atoms in total. The van der Waals surface area contributed by atoms with E-state index in [2.05, 4.69) is 47.7 Å². The Morgan fingerprint density at radius 1 is 1.44 bits per heavy atom. The molecule has 0 aliphatic heterocycles. The number of nitrogens with one attached hydrogen (secondary N) is 1. The molecule has 0 bridgehead atoms. The molecular formula is C12H19ClN4S. The van der Waals surface area contributed by atoms with Crippen LogP contribution in [0.2, 0.25) is 0 Å². The van der Waals surface area contributed by atoms with Gasteiger partial charge in [-0.05, 0) is 26.3 Å². The third kappa shape index (κ3) is 3.80. The van der Waals surface area contributed by atoms with Gasteiger partial charge in [-0.1, -0.05) is 0 Å². The van der Waals surface area contributed by atoms with Crippen LogP contribution in [-0.4, -0.2) is 20.8 Å². The maximum absolute atomic E-state index is 4.34. The van der Waals surface area contributed by atoms with Crippen molar-refractivity contribution in [3.8, 4) is 0 Å². The third-order valence-corrected chi connectivity index (χ3v) is 3.60. The lowest BCUT2D eigenvalue weighted by atomic mass is 10.1. The molecule has 0 spiro atoms. The zero-order valence-corrected chi connectivity index (χ0v) is 12.5. The second-order valence-corrected chi connectivity index (χ2v) is 5.11. The number of aromatic nitrogens is 3. The smallest absolute Gasteiger partial charge is 0.0795 e. The van der Waals surface area contributed by atoms with Gasteiger partial charge in [0, 0.05) is 24.2 Å². The van der Waals surface area contributed by atoms with E-state index in [9.17, 15) is 0 Å². The molecule has 0 amide bonds. The summed E-state index contributed by atoms with van der Waals surface area (Å²) in [5, 5.41) is 9.89. The highest BCUT2D eigenvalue weighted by molar-refractivity contribution is 7.07. The summed E-state index contributed by atoms with van der Waals surface area (Å²) in [4.78, 5) is 4.26. The van der Waals surface area contributed by atoms with Gasteiger partial charge in [0.1, 0.15) is 0 Å². The number of hydrogen-bond acceptors (Lipinski definition) is 4. The summed E-state index contributed by atoms with van der Waals surface area (Å²) in [6, 6.07) is 0.693. The Kier molecular flexibility index (Phi) is 5.78. The van der Waals surface area contributed by atoms with Crippen molar-refractivity contribution in [3.63, 3.8) is 0 Å². The van der Waals surface area contributed by atoms with Gasteiger partial charge in [0.15, 0.2) is 0 Å². The average molecular weight is 287 g/mol. The van der Waals surface area contributed by atoms with Crippen LogP contribution in [0.1, 0.15) is 31.1 Å². The molecule has 2 heterocycles. The molecule has 0 saturated carbocycles. The zero-order valence-electron chi connectivity index (χ0n) is 10.8. The highest BCUT2D eigenvalue weighted by Gasteiger charge is 2.14. The van der Waals surface area contributed by atoms with Crippen molar-refractivity contribution < 1.29 is 0 Å². The number of aryl methyl sites for hydroxylation is 1. The maximum Gasteiger partial charge on any atom is 0.0795 e. The standard InChI is InChI=1S/C12H18N4S.ClH/c1-9-4-15-16(6-9)11(3)10(2)13-5-12-7-17-8-14-12;/h4,6-8,10-11,13H,5H2,1-3H3;1H. The monoisotopic (exact) mass is 286 g/mol. The van der Waals surface area contributed by atoms with Crippen molar-refractivity contribution in [1.82, 2.24) is 20.1 Å². The minimum atomic E-state index is 0. The van der Waals surface area contributed by atoms with Crippen LogP contribution in [0.5, 0.6) is 0 Å². The summed E-state index contributed by atoms with van der Waals surface area (Å²) in [5.41, 5.74) is 4.16. The van der Waals surface area contributed by atoms with Crippen molar-refractivity contribution in [2.45, 2.75) is 39.4 Å². The third-order valence-electron chi connectivity index (χ3n) is 2.96. The Morgan fingerprint density at radius 2 is 2.22 bits per heavy atom. The van der Waals surface area contributed by atoms with Crippen molar-refractivity contribution in [1.29, 1.82) is 0 Å². The van der Waals surface area contributed by atoms with Gasteiger partial charge in [0.25, 0.3) is 0 Å². The van der Waals surface area contributed by atoms with Crippen LogP contribution < -0.4 is 5.32 Å². The maximum atomic E-state index is 4.34. The van der Waals surface area contributed by atoms with Crippen LogP contribution >= 0.6 is 23.7 Å². The largest absolute Gasteiger partial charge is 0.306 e. The highest BCUT2D eigenvalue weighted by atomic mass is 35.5. The van der Waals surface area contributed by atoms with Crippen LogP contribution in [0.25, 0.3) is 0 Å². The Balaban J connectivity index is 0.00000162. The van der Waals surface area contributed by atoms with Crippen LogP contribution in [0.15, 0.2) is 23.3 Å². The molecule has 2 aromatic heterocycles. The molecule has 0 radical (unpaired) electrons. The molecule has 0 aliphatic rings. The predicted octanol–water partition coefficient (Wildman–Crippen LogP) is 2.81. The molecule has 1 N–H and O–H groups in total. The summed E-state index contributed by atoms with van der Waals surface area (Å²) in [5.74, 6) is 0. The van der Waals surface area contributed by atoms with Gasteiger partial charge in [-0.15, -0.1) is 23.7 Å².